The van der Waals surface area contributed by atoms with Crippen LogP contribution < -0.4 is 14.8 Å². The van der Waals surface area contributed by atoms with Crippen molar-refractivity contribution in [2.75, 3.05) is 32.3 Å². The number of hydrogen-bond donors (Lipinski definition) is 1. The number of sulfone groups is 1. The van der Waals surface area contributed by atoms with Gasteiger partial charge in [0, 0.05) is 24.9 Å². The summed E-state index contributed by atoms with van der Waals surface area (Å²) in [6.45, 7) is 2.67. The van der Waals surface area contributed by atoms with Crippen LogP contribution in [0.3, 0.4) is 0 Å². The summed E-state index contributed by atoms with van der Waals surface area (Å²) < 4.78 is 33.0. The van der Waals surface area contributed by atoms with E-state index in [-0.39, 0.29) is 11.5 Å². The van der Waals surface area contributed by atoms with Crippen LogP contribution in [0, 0.1) is 0 Å². The molecule has 0 heterocycles. The minimum atomic E-state index is -2.91. The predicted molar refractivity (Wildman–Crippen MR) is 75.6 cm³/mol. The van der Waals surface area contributed by atoms with Crippen molar-refractivity contribution in [1.82, 2.24) is 5.32 Å². The van der Waals surface area contributed by atoms with Crippen molar-refractivity contribution in [3.8, 4) is 11.5 Å². The molecule has 0 amide bonds. The first-order valence-corrected chi connectivity index (χ1v) is 7.96. The molecule has 0 atom stereocenters. The van der Waals surface area contributed by atoms with Crippen LogP contribution >= 0.6 is 0 Å². The monoisotopic (exact) mass is 287 g/mol. The second-order valence-electron chi connectivity index (χ2n) is 4.13. The average molecular weight is 287 g/mol. The van der Waals surface area contributed by atoms with Crippen molar-refractivity contribution < 1.29 is 17.9 Å². The maximum Gasteiger partial charge on any atom is 0.151 e. The molecule has 0 fully saturated rings. The highest BCUT2D eigenvalue weighted by atomic mass is 32.2. The van der Waals surface area contributed by atoms with Gasteiger partial charge in [0.1, 0.15) is 11.5 Å². The van der Waals surface area contributed by atoms with Gasteiger partial charge in [0.15, 0.2) is 9.84 Å². The molecule has 1 rings (SSSR count). The summed E-state index contributed by atoms with van der Waals surface area (Å²) in [7, 11) is 0.283. The molecule has 108 valence electrons. The van der Waals surface area contributed by atoms with Gasteiger partial charge in [0.2, 0.25) is 0 Å². The molecule has 0 bridgehead atoms. The van der Waals surface area contributed by atoms with Crippen LogP contribution in [0.4, 0.5) is 0 Å². The summed E-state index contributed by atoms with van der Waals surface area (Å²) in [5.41, 5.74) is 0.991. The highest BCUT2D eigenvalue weighted by molar-refractivity contribution is 7.91. The van der Waals surface area contributed by atoms with Gasteiger partial charge < -0.3 is 14.8 Å². The summed E-state index contributed by atoms with van der Waals surface area (Å²) >= 11 is 0. The molecule has 5 nitrogen and oxygen atoms in total. The van der Waals surface area contributed by atoms with Crippen LogP contribution in [-0.4, -0.2) is 40.7 Å². The summed E-state index contributed by atoms with van der Waals surface area (Å²) in [6.07, 6.45) is 0. The summed E-state index contributed by atoms with van der Waals surface area (Å²) in [5.74, 6) is 1.78. The fraction of sp³-hybridized carbons (Fsp3) is 0.538. The Bertz CT molecular complexity index is 477. The van der Waals surface area contributed by atoms with Crippen LogP contribution in [0.2, 0.25) is 0 Å². The number of rotatable bonds is 8. The minimum Gasteiger partial charge on any atom is -0.497 e. The fourth-order valence-electron chi connectivity index (χ4n) is 1.57. The predicted octanol–water partition coefficient (Wildman–Crippen LogP) is 1.23. The molecule has 0 aliphatic heterocycles. The molecule has 1 aromatic carbocycles. The van der Waals surface area contributed by atoms with E-state index >= 15 is 0 Å². The van der Waals surface area contributed by atoms with Crippen LogP contribution in [0.5, 0.6) is 11.5 Å². The Morgan fingerprint density at radius 1 is 1.11 bits per heavy atom. The van der Waals surface area contributed by atoms with Crippen molar-refractivity contribution in [1.29, 1.82) is 0 Å². The fourth-order valence-corrected chi connectivity index (χ4v) is 2.32. The summed E-state index contributed by atoms with van der Waals surface area (Å²) in [5, 5.41) is 3.10. The van der Waals surface area contributed by atoms with Crippen molar-refractivity contribution in [2.45, 2.75) is 13.5 Å². The van der Waals surface area contributed by atoms with E-state index in [0.717, 1.165) is 17.1 Å². The highest BCUT2D eigenvalue weighted by Gasteiger charge is 2.06. The van der Waals surface area contributed by atoms with Gasteiger partial charge in [0.25, 0.3) is 0 Å². The minimum absolute atomic E-state index is 0.157. The van der Waals surface area contributed by atoms with Crippen molar-refractivity contribution in [3.63, 3.8) is 0 Å². The number of hydrogen-bond acceptors (Lipinski definition) is 5. The Morgan fingerprint density at radius 3 is 2.16 bits per heavy atom. The number of nitrogens with one attached hydrogen (secondary N) is 1. The zero-order valence-electron chi connectivity index (χ0n) is 11.6. The Hall–Kier alpha value is -1.27. The first-order valence-electron chi connectivity index (χ1n) is 6.14. The third-order valence-corrected chi connectivity index (χ3v) is 4.48. The van der Waals surface area contributed by atoms with Gasteiger partial charge in [0.05, 0.1) is 20.0 Å². The second kappa shape index (κ2) is 7.35. The molecule has 19 heavy (non-hydrogen) atoms. The smallest absolute Gasteiger partial charge is 0.151 e. The van der Waals surface area contributed by atoms with Gasteiger partial charge in [-0.05, 0) is 17.7 Å². The molecule has 0 radical (unpaired) electrons. The normalized spacial score (nSPS) is 11.3. The topological polar surface area (TPSA) is 64.6 Å². The lowest BCUT2D eigenvalue weighted by Gasteiger charge is -2.09. The van der Waals surface area contributed by atoms with Gasteiger partial charge >= 0.3 is 0 Å². The van der Waals surface area contributed by atoms with E-state index in [4.69, 9.17) is 9.47 Å². The number of methoxy groups -OCH3 is 2. The van der Waals surface area contributed by atoms with Crippen molar-refractivity contribution in [3.05, 3.63) is 23.8 Å². The molecule has 0 aliphatic carbocycles. The molecule has 1 N–H and O–H groups in total. The van der Waals surface area contributed by atoms with Crippen molar-refractivity contribution in [2.24, 2.45) is 0 Å². The van der Waals surface area contributed by atoms with E-state index < -0.39 is 9.84 Å². The SMILES string of the molecule is CCS(=O)(=O)CCNCc1cc(OC)cc(OC)c1. The number of ether oxygens (including phenoxy) is 2. The Labute approximate surface area is 114 Å². The van der Waals surface area contributed by atoms with Gasteiger partial charge in [-0.3, -0.25) is 0 Å². The van der Waals surface area contributed by atoms with E-state index in [1.54, 1.807) is 27.2 Å². The molecule has 0 saturated carbocycles. The van der Waals surface area contributed by atoms with Crippen LogP contribution in [-0.2, 0) is 16.4 Å². The zero-order valence-corrected chi connectivity index (χ0v) is 12.4. The van der Waals surface area contributed by atoms with Crippen LogP contribution in [0.1, 0.15) is 12.5 Å². The molecular formula is C13H21NO4S. The van der Waals surface area contributed by atoms with Gasteiger partial charge in [-0.15, -0.1) is 0 Å². The first-order chi connectivity index (χ1) is 9.00. The molecule has 0 aliphatic rings. The maximum atomic E-state index is 11.3. The molecular weight excluding hydrogens is 266 g/mol. The van der Waals surface area contributed by atoms with E-state index in [0.29, 0.717) is 13.1 Å². The molecule has 6 heteroatoms. The highest BCUT2D eigenvalue weighted by Crippen LogP contribution is 2.22. The Kier molecular flexibility index (Phi) is 6.11. The maximum absolute atomic E-state index is 11.3. The number of benzene rings is 1. The van der Waals surface area contributed by atoms with Crippen molar-refractivity contribution >= 4 is 9.84 Å². The average Bonchev–Trinajstić information content (AvgIpc) is 2.43. The van der Waals surface area contributed by atoms with E-state index in [2.05, 4.69) is 5.32 Å². The zero-order chi connectivity index (χ0) is 14.3. The van der Waals surface area contributed by atoms with Crippen LogP contribution in [0.15, 0.2) is 18.2 Å². The van der Waals surface area contributed by atoms with E-state index in [1.165, 1.54) is 0 Å². The summed E-state index contributed by atoms with van der Waals surface area (Å²) in [6, 6.07) is 5.58. The third kappa shape index (κ3) is 5.48. The molecule has 0 spiro atoms. The van der Waals surface area contributed by atoms with Gasteiger partial charge in [-0.1, -0.05) is 6.92 Å². The molecule has 0 saturated heterocycles. The lowest BCUT2D eigenvalue weighted by Crippen LogP contribution is -2.23. The first kappa shape index (κ1) is 15.8. The van der Waals surface area contributed by atoms with Gasteiger partial charge in [-0.25, -0.2) is 8.42 Å². The largest absolute Gasteiger partial charge is 0.497 e. The lowest BCUT2D eigenvalue weighted by molar-refractivity contribution is 0.393. The third-order valence-electron chi connectivity index (χ3n) is 2.77. The molecule has 0 aromatic heterocycles. The lowest BCUT2D eigenvalue weighted by atomic mass is 10.2. The quantitative estimate of drug-likeness (QED) is 0.729. The standard InChI is InChI=1S/C13H21NO4S/c1-4-19(15,16)6-5-14-10-11-7-12(17-2)9-13(8-11)18-3/h7-9,14H,4-6,10H2,1-3H3. The van der Waals surface area contributed by atoms with Gasteiger partial charge in [-0.2, -0.15) is 0 Å². The molecule has 1 aromatic rings. The van der Waals surface area contributed by atoms with E-state index in [9.17, 15) is 8.42 Å². The van der Waals surface area contributed by atoms with Crippen LogP contribution in [0.25, 0.3) is 0 Å². The summed E-state index contributed by atoms with van der Waals surface area (Å²) in [4.78, 5) is 0. The second-order valence-corrected chi connectivity index (χ2v) is 6.61. The molecule has 0 unspecified atom stereocenters. The Balaban J connectivity index is 2.53. The Morgan fingerprint density at radius 2 is 1.68 bits per heavy atom. The van der Waals surface area contributed by atoms with E-state index in [1.807, 2.05) is 12.1 Å².